The summed E-state index contributed by atoms with van der Waals surface area (Å²) in [7, 11) is 0. The second kappa shape index (κ2) is 4.85. The molecule has 17 heavy (non-hydrogen) atoms. The molecule has 4 nitrogen and oxygen atoms in total. The normalized spacial score (nSPS) is 23.6. The highest BCUT2D eigenvalue weighted by Crippen LogP contribution is 2.27. The summed E-state index contributed by atoms with van der Waals surface area (Å²) in [5.74, 6) is -0.0871. The SMILES string of the molecule is CC1(C(=O)Nc2ccccc2CN)CCCO1. The van der Waals surface area contributed by atoms with Crippen LogP contribution in [0.25, 0.3) is 0 Å². The lowest BCUT2D eigenvalue weighted by molar-refractivity contribution is -0.133. The van der Waals surface area contributed by atoms with E-state index in [4.69, 9.17) is 10.5 Å². The van der Waals surface area contributed by atoms with Crippen molar-refractivity contribution >= 4 is 11.6 Å². The fourth-order valence-corrected chi connectivity index (χ4v) is 2.03. The van der Waals surface area contributed by atoms with E-state index >= 15 is 0 Å². The Labute approximate surface area is 101 Å². The number of hydrogen-bond donors (Lipinski definition) is 2. The maximum atomic E-state index is 12.1. The molecule has 1 saturated heterocycles. The van der Waals surface area contributed by atoms with Crippen molar-refractivity contribution in [2.75, 3.05) is 11.9 Å². The first-order valence-electron chi connectivity index (χ1n) is 5.89. The number of hydrogen-bond acceptors (Lipinski definition) is 3. The fourth-order valence-electron chi connectivity index (χ4n) is 2.03. The summed E-state index contributed by atoms with van der Waals surface area (Å²) in [6.45, 7) is 2.90. The molecule has 0 bridgehead atoms. The molecule has 1 aliphatic heterocycles. The Morgan fingerprint density at radius 3 is 2.94 bits per heavy atom. The van der Waals surface area contributed by atoms with Crippen LogP contribution in [0.1, 0.15) is 25.3 Å². The van der Waals surface area contributed by atoms with Crippen LogP contribution < -0.4 is 11.1 Å². The number of nitrogens with one attached hydrogen (secondary N) is 1. The third kappa shape index (κ3) is 2.48. The monoisotopic (exact) mass is 234 g/mol. The van der Waals surface area contributed by atoms with Gasteiger partial charge in [-0.15, -0.1) is 0 Å². The van der Waals surface area contributed by atoms with Crippen LogP contribution in [0.4, 0.5) is 5.69 Å². The summed E-state index contributed by atoms with van der Waals surface area (Å²) >= 11 is 0. The van der Waals surface area contributed by atoms with Gasteiger partial charge in [-0.05, 0) is 31.4 Å². The molecule has 1 unspecified atom stereocenters. The molecule has 4 heteroatoms. The summed E-state index contributed by atoms with van der Waals surface area (Å²) in [6, 6.07) is 7.56. The Bertz CT molecular complexity index is 412. The molecule has 1 heterocycles. The zero-order valence-corrected chi connectivity index (χ0v) is 10.0. The minimum Gasteiger partial charge on any atom is -0.365 e. The molecule has 0 aromatic heterocycles. The van der Waals surface area contributed by atoms with E-state index in [9.17, 15) is 4.79 Å². The summed E-state index contributed by atoms with van der Waals surface area (Å²) in [6.07, 6.45) is 1.70. The largest absolute Gasteiger partial charge is 0.365 e. The van der Waals surface area contributed by atoms with Gasteiger partial charge >= 0.3 is 0 Å². The van der Waals surface area contributed by atoms with Gasteiger partial charge in [0.05, 0.1) is 0 Å². The Balaban J connectivity index is 2.12. The standard InChI is InChI=1S/C13H18N2O2/c1-13(7-4-8-17-13)12(16)15-11-6-3-2-5-10(11)9-14/h2-3,5-6H,4,7-9,14H2,1H3,(H,15,16). The lowest BCUT2D eigenvalue weighted by Gasteiger charge is -2.22. The zero-order valence-electron chi connectivity index (χ0n) is 10.0. The molecule has 1 aromatic carbocycles. The van der Waals surface area contributed by atoms with E-state index in [1.54, 1.807) is 0 Å². The smallest absolute Gasteiger partial charge is 0.256 e. The van der Waals surface area contributed by atoms with E-state index in [2.05, 4.69) is 5.32 Å². The average molecular weight is 234 g/mol. The van der Waals surface area contributed by atoms with E-state index in [-0.39, 0.29) is 5.91 Å². The Hall–Kier alpha value is -1.39. The Morgan fingerprint density at radius 1 is 1.53 bits per heavy atom. The number of ether oxygens (including phenoxy) is 1. The van der Waals surface area contributed by atoms with E-state index in [1.165, 1.54) is 0 Å². The number of benzene rings is 1. The van der Waals surface area contributed by atoms with Crippen LogP contribution >= 0.6 is 0 Å². The van der Waals surface area contributed by atoms with Crippen LogP contribution in [0, 0.1) is 0 Å². The third-order valence-electron chi connectivity index (χ3n) is 3.18. The number of carbonyl (C=O) groups excluding carboxylic acids is 1. The third-order valence-corrected chi connectivity index (χ3v) is 3.18. The van der Waals surface area contributed by atoms with Crippen molar-refractivity contribution in [3.05, 3.63) is 29.8 Å². The van der Waals surface area contributed by atoms with Crippen molar-refractivity contribution < 1.29 is 9.53 Å². The van der Waals surface area contributed by atoms with E-state index < -0.39 is 5.60 Å². The molecule has 0 spiro atoms. The van der Waals surface area contributed by atoms with Crippen LogP contribution in [0.5, 0.6) is 0 Å². The number of nitrogens with two attached hydrogens (primary N) is 1. The van der Waals surface area contributed by atoms with Gasteiger partial charge in [0.15, 0.2) is 0 Å². The van der Waals surface area contributed by atoms with Crippen LogP contribution in [-0.4, -0.2) is 18.1 Å². The molecule has 0 aliphatic carbocycles. The van der Waals surface area contributed by atoms with Crippen molar-refractivity contribution in [2.45, 2.75) is 31.9 Å². The van der Waals surface area contributed by atoms with Gasteiger partial charge in [0.2, 0.25) is 0 Å². The second-order valence-corrected chi connectivity index (χ2v) is 4.50. The minimum atomic E-state index is -0.693. The van der Waals surface area contributed by atoms with Crippen LogP contribution in [-0.2, 0) is 16.1 Å². The topological polar surface area (TPSA) is 64.4 Å². The van der Waals surface area contributed by atoms with Gasteiger partial charge in [-0.3, -0.25) is 4.79 Å². The molecule has 1 atom stereocenters. The van der Waals surface area contributed by atoms with Crippen LogP contribution in [0.15, 0.2) is 24.3 Å². The quantitative estimate of drug-likeness (QED) is 0.835. The van der Waals surface area contributed by atoms with Crippen molar-refractivity contribution in [2.24, 2.45) is 5.73 Å². The summed E-state index contributed by atoms with van der Waals surface area (Å²) in [5.41, 5.74) is 6.65. The molecule has 1 aromatic rings. The average Bonchev–Trinajstić information content (AvgIpc) is 2.78. The molecule has 0 radical (unpaired) electrons. The molecular formula is C13H18N2O2. The van der Waals surface area contributed by atoms with E-state index in [1.807, 2.05) is 31.2 Å². The summed E-state index contributed by atoms with van der Waals surface area (Å²) < 4.78 is 5.50. The first-order chi connectivity index (χ1) is 8.15. The molecule has 1 fully saturated rings. The molecule has 3 N–H and O–H groups in total. The Morgan fingerprint density at radius 2 is 2.29 bits per heavy atom. The van der Waals surface area contributed by atoms with Crippen molar-refractivity contribution in [1.29, 1.82) is 0 Å². The van der Waals surface area contributed by atoms with Gasteiger partial charge in [-0.2, -0.15) is 0 Å². The number of carbonyl (C=O) groups is 1. The van der Waals surface area contributed by atoms with E-state index in [0.29, 0.717) is 13.2 Å². The minimum absolute atomic E-state index is 0.0871. The molecular weight excluding hydrogens is 216 g/mol. The number of anilines is 1. The fraction of sp³-hybridized carbons (Fsp3) is 0.462. The highest BCUT2D eigenvalue weighted by molar-refractivity contribution is 5.97. The summed E-state index contributed by atoms with van der Waals surface area (Å²) in [5, 5.41) is 2.90. The predicted molar refractivity (Wildman–Crippen MR) is 66.6 cm³/mol. The van der Waals surface area contributed by atoms with Crippen molar-refractivity contribution in [3.63, 3.8) is 0 Å². The molecule has 1 aliphatic rings. The highest BCUT2D eigenvalue weighted by atomic mass is 16.5. The molecule has 92 valence electrons. The number of rotatable bonds is 3. The Kier molecular flexibility index (Phi) is 3.45. The van der Waals surface area contributed by atoms with Crippen molar-refractivity contribution in [1.82, 2.24) is 0 Å². The number of amides is 1. The molecule has 1 amide bonds. The van der Waals surface area contributed by atoms with Gasteiger partial charge < -0.3 is 15.8 Å². The second-order valence-electron chi connectivity index (χ2n) is 4.50. The van der Waals surface area contributed by atoms with Gasteiger partial charge in [0.25, 0.3) is 5.91 Å². The lowest BCUT2D eigenvalue weighted by Crippen LogP contribution is -2.39. The van der Waals surface area contributed by atoms with Gasteiger partial charge in [-0.1, -0.05) is 18.2 Å². The van der Waals surface area contributed by atoms with Gasteiger partial charge in [0, 0.05) is 18.8 Å². The lowest BCUT2D eigenvalue weighted by atomic mass is 10.0. The first kappa shape index (κ1) is 12.1. The van der Waals surface area contributed by atoms with Gasteiger partial charge in [-0.25, -0.2) is 0 Å². The maximum absolute atomic E-state index is 12.1. The molecule has 2 rings (SSSR count). The number of para-hydroxylation sites is 1. The van der Waals surface area contributed by atoms with Crippen LogP contribution in [0.2, 0.25) is 0 Å². The first-order valence-corrected chi connectivity index (χ1v) is 5.89. The predicted octanol–water partition coefficient (Wildman–Crippen LogP) is 1.65. The summed E-state index contributed by atoms with van der Waals surface area (Å²) in [4.78, 5) is 12.1. The van der Waals surface area contributed by atoms with Gasteiger partial charge in [0.1, 0.15) is 5.60 Å². The van der Waals surface area contributed by atoms with Crippen LogP contribution in [0.3, 0.4) is 0 Å². The highest BCUT2D eigenvalue weighted by Gasteiger charge is 2.37. The zero-order chi connectivity index (χ0) is 12.3. The molecule has 0 saturated carbocycles. The van der Waals surface area contributed by atoms with E-state index in [0.717, 1.165) is 24.1 Å². The van der Waals surface area contributed by atoms with Crippen molar-refractivity contribution in [3.8, 4) is 0 Å². The maximum Gasteiger partial charge on any atom is 0.256 e.